The van der Waals surface area contributed by atoms with Crippen LogP contribution in [0.1, 0.15) is 25.0 Å². The van der Waals surface area contributed by atoms with Crippen LogP contribution in [0.4, 0.5) is 5.69 Å². The second kappa shape index (κ2) is 4.26. The van der Waals surface area contributed by atoms with Gasteiger partial charge in [-0.25, -0.2) is 0 Å². The molecule has 1 aromatic rings. The molecule has 0 spiro atoms. The van der Waals surface area contributed by atoms with Gasteiger partial charge in [-0.15, -0.1) is 0 Å². The molecule has 2 rings (SSSR count). The first-order valence-corrected chi connectivity index (χ1v) is 5.79. The first-order valence-electron chi connectivity index (χ1n) is 5.79. The zero-order chi connectivity index (χ0) is 11.7. The Kier molecular flexibility index (Phi) is 2.97. The van der Waals surface area contributed by atoms with E-state index in [9.17, 15) is 4.79 Å². The minimum atomic E-state index is 0.164. The van der Waals surface area contributed by atoms with Crippen molar-refractivity contribution in [1.82, 2.24) is 0 Å². The van der Waals surface area contributed by atoms with Crippen molar-refractivity contribution in [2.45, 2.75) is 32.7 Å². The number of nitrogens with two attached hydrogens (primary N) is 1. The Morgan fingerprint density at radius 1 is 1.50 bits per heavy atom. The summed E-state index contributed by atoms with van der Waals surface area (Å²) in [6, 6.07) is 6.40. The molecule has 3 nitrogen and oxygen atoms in total. The van der Waals surface area contributed by atoms with E-state index in [1.165, 1.54) is 5.56 Å². The summed E-state index contributed by atoms with van der Waals surface area (Å²) in [4.78, 5) is 13.5. The minimum Gasteiger partial charge on any atom is -0.328 e. The highest BCUT2D eigenvalue weighted by Crippen LogP contribution is 2.29. The largest absolute Gasteiger partial charge is 0.328 e. The Labute approximate surface area is 96.2 Å². The molecule has 3 heteroatoms. The predicted molar refractivity (Wildman–Crippen MR) is 65.5 cm³/mol. The van der Waals surface area contributed by atoms with Crippen molar-refractivity contribution >= 4 is 11.6 Å². The highest BCUT2D eigenvalue weighted by molar-refractivity contribution is 6.01. The number of hydrogen-bond acceptors (Lipinski definition) is 2. The Morgan fingerprint density at radius 3 is 2.88 bits per heavy atom. The van der Waals surface area contributed by atoms with Crippen molar-refractivity contribution in [2.75, 3.05) is 11.4 Å². The van der Waals surface area contributed by atoms with Gasteiger partial charge < -0.3 is 10.6 Å². The zero-order valence-corrected chi connectivity index (χ0v) is 9.86. The monoisotopic (exact) mass is 218 g/mol. The van der Waals surface area contributed by atoms with Crippen molar-refractivity contribution < 1.29 is 4.79 Å². The van der Waals surface area contributed by atoms with Crippen molar-refractivity contribution in [2.24, 2.45) is 5.73 Å². The molecule has 0 fully saturated rings. The van der Waals surface area contributed by atoms with E-state index < -0.39 is 0 Å². The van der Waals surface area contributed by atoms with Gasteiger partial charge in [0.05, 0.1) is 6.42 Å². The first kappa shape index (κ1) is 11.1. The maximum absolute atomic E-state index is 11.7. The maximum atomic E-state index is 11.7. The van der Waals surface area contributed by atoms with E-state index in [-0.39, 0.29) is 11.9 Å². The van der Waals surface area contributed by atoms with Gasteiger partial charge in [-0.1, -0.05) is 12.1 Å². The number of fused-ring (bicyclic) bond motifs is 1. The molecule has 1 heterocycles. The summed E-state index contributed by atoms with van der Waals surface area (Å²) in [5.74, 6) is 0.204. The van der Waals surface area contributed by atoms with Gasteiger partial charge in [0.25, 0.3) is 0 Å². The van der Waals surface area contributed by atoms with Crippen molar-refractivity contribution in [3.63, 3.8) is 0 Å². The third kappa shape index (κ3) is 1.95. The number of nitrogens with zero attached hydrogens (tertiary/aromatic N) is 1. The van der Waals surface area contributed by atoms with Crippen molar-refractivity contribution in [3.05, 3.63) is 29.3 Å². The Hall–Kier alpha value is -1.35. The second-order valence-corrected chi connectivity index (χ2v) is 4.46. The van der Waals surface area contributed by atoms with E-state index in [1.807, 2.05) is 24.8 Å². The lowest BCUT2D eigenvalue weighted by Crippen LogP contribution is -2.25. The molecule has 0 bridgehead atoms. The normalized spacial score (nSPS) is 16.4. The third-order valence-corrected chi connectivity index (χ3v) is 2.95. The second-order valence-electron chi connectivity index (χ2n) is 4.46. The molecule has 1 atom stereocenters. The van der Waals surface area contributed by atoms with E-state index in [1.54, 1.807) is 0 Å². The number of carbonyl (C=O) groups is 1. The molecule has 0 saturated heterocycles. The number of anilines is 1. The molecule has 16 heavy (non-hydrogen) atoms. The van der Waals surface area contributed by atoms with Crippen LogP contribution in [0.15, 0.2) is 18.2 Å². The van der Waals surface area contributed by atoms with E-state index in [0.717, 1.165) is 24.2 Å². The van der Waals surface area contributed by atoms with Crippen LogP contribution in [0.25, 0.3) is 0 Å². The van der Waals surface area contributed by atoms with Crippen LogP contribution < -0.4 is 10.6 Å². The summed E-state index contributed by atoms with van der Waals surface area (Å²) >= 11 is 0. The summed E-state index contributed by atoms with van der Waals surface area (Å²) in [5.41, 5.74) is 9.21. The van der Waals surface area contributed by atoms with Crippen LogP contribution >= 0.6 is 0 Å². The Balaban J connectivity index is 2.29. The number of carbonyl (C=O) groups excluding carboxylic acids is 1. The molecular weight excluding hydrogens is 200 g/mol. The van der Waals surface area contributed by atoms with E-state index >= 15 is 0 Å². The van der Waals surface area contributed by atoms with Gasteiger partial charge in [0.1, 0.15) is 0 Å². The standard InChI is InChI=1S/C13H18N2O/c1-3-15-12-5-4-10(6-9(2)14)7-11(12)8-13(15)16/h4-5,7,9H,3,6,8,14H2,1-2H3. The summed E-state index contributed by atoms with van der Waals surface area (Å²) < 4.78 is 0. The molecule has 1 aliphatic heterocycles. The number of rotatable bonds is 3. The Bertz CT molecular complexity index is 412. The van der Waals surface area contributed by atoms with E-state index in [0.29, 0.717) is 6.42 Å². The van der Waals surface area contributed by atoms with E-state index in [4.69, 9.17) is 5.73 Å². The van der Waals surface area contributed by atoms with Crippen LogP contribution in [-0.4, -0.2) is 18.5 Å². The van der Waals surface area contributed by atoms with Crippen LogP contribution in [0.2, 0.25) is 0 Å². The summed E-state index contributed by atoms with van der Waals surface area (Å²) in [6.45, 7) is 4.75. The van der Waals surface area contributed by atoms with Crippen LogP contribution in [0.3, 0.4) is 0 Å². The van der Waals surface area contributed by atoms with Gasteiger partial charge >= 0.3 is 0 Å². The highest BCUT2D eigenvalue weighted by atomic mass is 16.2. The molecule has 2 N–H and O–H groups in total. The molecule has 0 aromatic heterocycles. The number of amides is 1. The number of hydrogen-bond donors (Lipinski definition) is 1. The third-order valence-electron chi connectivity index (χ3n) is 2.95. The lowest BCUT2D eigenvalue weighted by Gasteiger charge is -2.15. The lowest BCUT2D eigenvalue weighted by molar-refractivity contribution is -0.117. The summed E-state index contributed by atoms with van der Waals surface area (Å²) in [6.07, 6.45) is 1.41. The predicted octanol–water partition coefficient (Wildman–Crippen LogP) is 1.49. The van der Waals surface area contributed by atoms with Gasteiger partial charge in [0, 0.05) is 18.3 Å². The number of benzene rings is 1. The zero-order valence-electron chi connectivity index (χ0n) is 9.86. The summed E-state index contributed by atoms with van der Waals surface area (Å²) in [7, 11) is 0. The van der Waals surface area contributed by atoms with Gasteiger partial charge in [-0.05, 0) is 37.5 Å². The molecular formula is C13H18N2O. The molecule has 0 saturated carbocycles. The topological polar surface area (TPSA) is 46.3 Å². The van der Waals surface area contributed by atoms with Crippen molar-refractivity contribution in [3.8, 4) is 0 Å². The number of likely N-dealkylation sites (N-methyl/N-ethyl adjacent to an activating group) is 1. The van der Waals surface area contributed by atoms with Gasteiger partial charge in [0.2, 0.25) is 5.91 Å². The first-order chi connectivity index (χ1) is 7.61. The molecule has 0 aliphatic carbocycles. The fraction of sp³-hybridized carbons (Fsp3) is 0.462. The van der Waals surface area contributed by atoms with Crippen LogP contribution in [0, 0.1) is 0 Å². The smallest absolute Gasteiger partial charge is 0.231 e. The molecule has 1 amide bonds. The maximum Gasteiger partial charge on any atom is 0.231 e. The fourth-order valence-electron chi connectivity index (χ4n) is 2.28. The highest BCUT2D eigenvalue weighted by Gasteiger charge is 2.25. The SMILES string of the molecule is CCN1C(=O)Cc2cc(CC(C)N)ccc21. The average molecular weight is 218 g/mol. The molecule has 86 valence electrons. The molecule has 1 unspecified atom stereocenters. The van der Waals surface area contributed by atoms with E-state index in [2.05, 4.69) is 12.1 Å². The fourth-order valence-corrected chi connectivity index (χ4v) is 2.28. The van der Waals surface area contributed by atoms with Crippen LogP contribution in [-0.2, 0) is 17.6 Å². The lowest BCUT2D eigenvalue weighted by atomic mass is 10.0. The molecule has 1 aromatic carbocycles. The molecule has 1 aliphatic rings. The van der Waals surface area contributed by atoms with Crippen molar-refractivity contribution in [1.29, 1.82) is 0 Å². The van der Waals surface area contributed by atoms with Crippen LogP contribution in [0.5, 0.6) is 0 Å². The quantitative estimate of drug-likeness (QED) is 0.835. The average Bonchev–Trinajstić information content (AvgIpc) is 2.51. The Morgan fingerprint density at radius 2 is 2.25 bits per heavy atom. The molecule has 0 radical (unpaired) electrons. The van der Waals surface area contributed by atoms with Gasteiger partial charge in [0.15, 0.2) is 0 Å². The van der Waals surface area contributed by atoms with Gasteiger partial charge in [-0.2, -0.15) is 0 Å². The summed E-state index contributed by atoms with van der Waals surface area (Å²) in [5, 5.41) is 0. The van der Waals surface area contributed by atoms with Gasteiger partial charge in [-0.3, -0.25) is 4.79 Å². The minimum absolute atomic E-state index is 0.164.